The van der Waals surface area contributed by atoms with Crippen LogP contribution in [-0.2, 0) is 19.0 Å². The Kier molecular flexibility index (Phi) is 14.9. The number of ether oxygens (including phenoxy) is 5. The second kappa shape index (κ2) is 18.3. The van der Waals surface area contributed by atoms with Gasteiger partial charge in [-0.05, 0) is 48.6 Å². The molecule has 2 aromatic carbocycles. The van der Waals surface area contributed by atoms with Gasteiger partial charge in [0.1, 0.15) is 6.04 Å². The van der Waals surface area contributed by atoms with Gasteiger partial charge in [0.05, 0.1) is 25.4 Å². The first-order valence-electron chi connectivity index (χ1n) is 14.2. The van der Waals surface area contributed by atoms with Gasteiger partial charge in [0, 0.05) is 5.92 Å². The number of carbonyl (C=O) groups excluding carboxylic acids is 3. The molecule has 0 fully saturated rings. The third-order valence-corrected chi connectivity index (χ3v) is 6.45. The number of aliphatic carboxylic acids is 1. The first-order valence-corrected chi connectivity index (χ1v) is 14.2. The zero-order chi connectivity index (χ0) is 30.9. The molecule has 3 N–H and O–H groups in total. The molecule has 0 bridgehead atoms. The lowest BCUT2D eigenvalue weighted by Crippen LogP contribution is -2.40. The minimum Gasteiger partial charge on any atom is -0.480 e. The Hall–Kier alpha value is -4.12. The largest absolute Gasteiger partial charge is 0.513 e. The summed E-state index contributed by atoms with van der Waals surface area (Å²) in [5, 5.41) is 9.74. The molecule has 230 valence electrons. The molecule has 0 aliphatic rings. The topological polar surface area (TPSA) is 161 Å². The van der Waals surface area contributed by atoms with Crippen molar-refractivity contribution in [3.63, 3.8) is 0 Å². The number of esters is 1. The van der Waals surface area contributed by atoms with Crippen LogP contribution in [0.5, 0.6) is 11.5 Å². The van der Waals surface area contributed by atoms with Crippen LogP contribution >= 0.6 is 0 Å². The van der Waals surface area contributed by atoms with Gasteiger partial charge in [0.25, 0.3) is 0 Å². The number of carbonyl (C=O) groups is 4. The molecule has 0 saturated heterocycles. The first kappa shape index (κ1) is 34.1. The second-order valence-electron chi connectivity index (χ2n) is 9.85. The van der Waals surface area contributed by atoms with Crippen LogP contribution in [0.15, 0.2) is 48.5 Å². The Morgan fingerprint density at radius 1 is 0.786 bits per heavy atom. The predicted octanol–water partition coefficient (Wildman–Crippen LogP) is 6.09. The van der Waals surface area contributed by atoms with Crippen molar-refractivity contribution in [3.05, 3.63) is 59.7 Å². The van der Waals surface area contributed by atoms with Crippen molar-refractivity contribution >= 4 is 24.2 Å². The van der Waals surface area contributed by atoms with Crippen molar-refractivity contribution in [3.8, 4) is 11.5 Å². The van der Waals surface area contributed by atoms with E-state index in [2.05, 4.69) is 0 Å². The van der Waals surface area contributed by atoms with Crippen LogP contribution in [0.2, 0.25) is 0 Å². The second-order valence-corrected chi connectivity index (χ2v) is 9.85. The van der Waals surface area contributed by atoms with Crippen LogP contribution in [0.25, 0.3) is 0 Å². The Morgan fingerprint density at radius 3 is 1.90 bits per heavy atom. The van der Waals surface area contributed by atoms with Crippen molar-refractivity contribution in [2.24, 2.45) is 11.7 Å². The van der Waals surface area contributed by atoms with E-state index in [1.807, 2.05) is 13.8 Å². The number of rotatable bonds is 17. The third kappa shape index (κ3) is 11.4. The molecular formula is C31H41NO10. The number of benzene rings is 2. The van der Waals surface area contributed by atoms with Crippen LogP contribution in [0.1, 0.15) is 81.1 Å². The van der Waals surface area contributed by atoms with E-state index in [0.717, 1.165) is 25.7 Å². The molecule has 2 aromatic rings. The number of nitrogens with two attached hydrogens (primary N) is 1. The highest BCUT2D eigenvalue weighted by Gasteiger charge is 2.33. The van der Waals surface area contributed by atoms with Crippen molar-refractivity contribution in [1.82, 2.24) is 0 Å². The average molecular weight is 588 g/mol. The van der Waals surface area contributed by atoms with Crippen molar-refractivity contribution in [2.75, 3.05) is 19.8 Å². The van der Waals surface area contributed by atoms with E-state index in [0.29, 0.717) is 24.0 Å². The van der Waals surface area contributed by atoms with E-state index < -0.39 is 42.1 Å². The highest BCUT2D eigenvalue weighted by Crippen LogP contribution is 2.36. The van der Waals surface area contributed by atoms with Crippen LogP contribution in [0, 0.1) is 5.92 Å². The summed E-state index contributed by atoms with van der Waals surface area (Å²) in [5.74, 6) is -3.63. The van der Waals surface area contributed by atoms with Gasteiger partial charge in [0.2, 0.25) is 0 Å². The van der Waals surface area contributed by atoms with Crippen molar-refractivity contribution < 1.29 is 48.0 Å². The summed E-state index contributed by atoms with van der Waals surface area (Å²) in [6.07, 6.45) is 2.93. The number of carboxylic acids is 1. The van der Waals surface area contributed by atoms with Crippen molar-refractivity contribution in [1.29, 1.82) is 0 Å². The average Bonchev–Trinajstić information content (AvgIpc) is 2.98. The van der Waals surface area contributed by atoms with Gasteiger partial charge in [-0.25, -0.2) is 14.4 Å². The summed E-state index contributed by atoms with van der Waals surface area (Å²) >= 11 is 0. The molecule has 0 radical (unpaired) electrons. The van der Waals surface area contributed by atoms with Gasteiger partial charge in [-0.2, -0.15) is 0 Å². The molecule has 3 atom stereocenters. The third-order valence-electron chi connectivity index (χ3n) is 6.45. The molecule has 0 aliphatic carbocycles. The molecule has 0 aromatic heterocycles. The fraction of sp³-hybridized carbons (Fsp3) is 0.484. The van der Waals surface area contributed by atoms with Gasteiger partial charge >= 0.3 is 24.2 Å². The predicted molar refractivity (Wildman–Crippen MR) is 154 cm³/mol. The molecule has 11 heteroatoms. The molecule has 0 saturated carbocycles. The number of unbranched alkanes of at least 4 members (excludes halogenated alkanes) is 4. The van der Waals surface area contributed by atoms with Crippen LogP contribution < -0.4 is 15.2 Å². The maximum Gasteiger partial charge on any atom is 0.513 e. The van der Waals surface area contributed by atoms with E-state index in [1.165, 1.54) is 18.2 Å². The van der Waals surface area contributed by atoms with E-state index >= 15 is 0 Å². The standard InChI is InChI=1S/C31H41NO10/c1-4-6-11-17-38-30(36)41-24-16-15-23(19-25(24)42-31(37)39-18-12-7-5-2)26(27(32)28(33)34)21(3)20-40-29(35)22-13-9-8-10-14-22/h8-10,13-16,19,21,26-27H,4-7,11-12,17-18,20,32H2,1-3H3,(H,33,34)/t21?,26?,27-/m0/s1. The summed E-state index contributed by atoms with van der Waals surface area (Å²) in [6.45, 7) is 5.87. The number of hydrogen-bond acceptors (Lipinski definition) is 10. The van der Waals surface area contributed by atoms with Gasteiger partial charge in [-0.3, -0.25) is 4.79 Å². The molecule has 2 unspecified atom stereocenters. The van der Waals surface area contributed by atoms with E-state index in [1.54, 1.807) is 37.3 Å². The maximum absolute atomic E-state index is 12.5. The lowest BCUT2D eigenvalue weighted by atomic mass is 9.82. The van der Waals surface area contributed by atoms with Crippen LogP contribution in [0.3, 0.4) is 0 Å². The lowest BCUT2D eigenvalue weighted by molar-refractivity contribution is -0.139. The van der Waals surface area contributed by atoms with E-state index in [-0.39, 0.29) is 31.3 Å². The smallest absolute Gasteiger partial charge is 0.480 e. The minimum atomic E-state index is -1.40. The summed E-state index contributed by atoms with van der Waals surface area (Å²) in [5.41, 5.74) is 6.78. The molecule has 0 amide bonds. The Morgan fingerprint density at radius 2 is 1.36 bits per heavy atom. The van der Waals surface area contributed by atoms with E-state index in [4.69, 9.17) is 29.4 Å². The normalized spacial score (nSPS) is 12.9. The lowest BCUT2D eigenvalue weighted by Gasteiger charge is -2.28. The van der Waals surface area contributed by atoms with Gasteiger partial charge in [-0.1, -0.05) is 70.7 Å². The molecule has 0 aliphatic heterocycles. The maximum atomic E-state index is 12.5. The van der Waals surface area contributed by atoms with Gasteiger partial charge in [0.15, 0.2) is 11.5 Å². The molecule has 2 rings (SSSR count). The summed E-state index contributed by atoms with van der Waals surface area (Å²) < 4.78 is 26.3. The van der Waals surface area contributed by atoms with Gasteiger partial charge in [-0.15, -0.1) is 0 Å². The van der Waals surface area contributed by atoms with E-state index in [9.17, 15) is 24.3 Å². The molecule has 11 nitrogen and oxygen atoms in total. The summed E-state index contributed by atoms with van der Waals surface area (Å²) in [4.78, 5) is 49.1. The highest BCUT2D eigenvalue weighted by molar-refractivity contribution is 5.89. The molecule has 0 heterocycles. The number of hydrogen-bond donors (Lipinski definition) is 2. The SMILES string of the molecule is CCCCCOC(=O)Oc1ccc(C(C(C)COC(=O)c2ccccc2)[C@H](N)C(=O)O)cc1OC(=O)OCCCCC. The Labute approximate surface area is 246 Å². The molecule has 42 heavy (non-hydrogen) atoms. The highest BCUT2D eigenvalue weighted by atomic mass is 16.7. The molecular weight excluding hydrogens is 546 g/mol. The first-order chi connectivity index (χ1) is 20.2. The Balaban J connectivity index is 2.30. The zero-order valence-corrected chi connectivity index (χ0v) is 24.4. The number of carboxylic acid groups (broad SMARTS) is 1. The van der Waals surface area contributed by atoms with Gasteiger partial charge < -0.3 is 34.5 Å². The molecule has 0 spiro atoms. The monoisotopic (exact) mass is 587 g/mol. The van der Waals surface area contributed by atoms with Crippen LogP contribution in [-0.4, -0.2) is 55.2 Å². The minimum absolute atomic E-state index is 0.129. The van der Waals surface area contributed by atoms with Crippen molar-refractivity contribution in [2.45, 2.75) is 71.3 Å². The quantitative estimate of drug-likeness (QED) is 0.0954. The summed E-state index contributed by atoms with van der Waals surface area (Å²) in [7, 11) is 0. The fourth-order valence-electron chi connectivity index (χ4n) is 4.16. The fourth-order valence-corrected chi connectivity index (χ4v) is 4.16. The Bertz CT molecular complexity index is 1150. The summed E-state index contributed by atoms with van der Waals surface area (Å²) in [6, 6.07) is 11.2. The van der Waals surface area contributed by atoms with Crippen LogP contribution in [0.4, 0.5) is 9.59 Å². The zero-order valence-electron chi connectivity index (χ0n) is 24.4.